The quantitative estimate of drug-likeness (QED) is 0.708. The molecule has 0 saturated carbocycles. The molecule has 1 N–H and O–H groups in total. The van der Waals surface area contributed by atoms with Crippen LogP contribution in [0.3, 0.4) is 0 Å². The molecule has 0 radical (unpaired) electrons. The summed E-state index contributed by atoms with van der Waals surface area (Å²) in [5.74, 6) is 1.91. The Bertz CT molecular complexity index is 437. The van der Waals surface area contributed by atoms with Crippen LogP contribution in [0.15, 0.2) is 12.1 Å². The number of halogens is 1. The molecule has 3 nitrogen and oxygen atoms in total. The van der Waals surface area contributed by atoms with Crippen molar-refractivity contribution >= 4 is 11.6 Å². The van der Waals surface area contributed by atoms with E-state index in [-0.39, 0.29) is 6.04 Å². The first kappa shape index (κ1) is 18.1. The lowest BCUT2D eigenvalue weighted by Crippen LogP contribution is -2.28. The lowest BCUT2D eigenvalue weighted by atomic mass is 9.90. The topological polar surface area (TPSA) is 30.5 Å². The van der Waals surface area contributed by atoms with E-state index in [1.165, 1.54) is 0 Å². The van der Waals surface area contributed by atoms with Gasteiger partial charge in [0.15, 0.2) is 11.5 Å². The van der Waals surface area contributed by atoms with Crippen molar-refractivity contribution in [2.24, 2.45) is 5.92 Å². The van der Waals surface area contributed by atoms with Crippen molar-refractivity contribution in [1.82, 2.24) is 5.32 Å². The molecule has 0 aliphatic heterocycles. The van der Waals surface area contributed by atoms with Gasteiger partial charge in [-0.1, -0.05) is 38.8 Å². The van der Waals surface area contributed by atoms with Crippen LogP contribution in [0.1, 0.15) is 51.6 Å². The highest BCUT2D eigenvalue weighted by molar-refractivity contribution is 6.31. The normalized spacial score (nSPS) is 13.8. The second kappa shape index (κ2) is 9.16. The molecule has 4 heteroatoms. The molecule has 2 atom stereocenters. The molecule has 0 aromatic heterocycles. The van der Waals surface area contributed by atoms with Crippen molar-refractivity contribution in [1.29, 1.82) is 0 Å². The minimum atomic E-state index is 0.234. The Balaban J connectivity index is 3.16. The van der Waals surface area contributed by atoms with Crippen LogP contribution in [-0.4, -0.2) is 20.8 Å². The van der Waals surface area contributed by atoms with Gasteiger partial charge in [0.1, 0.15) is 0 Å². The average Bonchev–Trinajstić information content (AvgIpc) is 2.48. The first-order valence-corrected chi connectivity index (χ1v) is 8.11. The predicted octanol–water partition coefficient (Wildman–Crippen LogP) is 4.83. The Labute approximate surface area is 134 Å². The van der Waals surface area contributed by atoms with E-state index in [1.807, 2.05) is 12.1 Å². The standard InChI is InChI=1S/C17H28ClNO2/c1-6-8-12(3)17(19-9-7-2)13-10-15(20-4)16(21-5)11-14(13)18/h10-12,17,19H,6-9H2,1-5H3. The van der Waals surface area contributed by atoms with E-state index < -0.39 is 0 Å². The van der Waals surface area contributed by atoms with Crippen molar-refractivity contribution < 1.29 is 9.47 Å². The maximum absolute atomic E-state index is 6.48. The summed E-state index contributed by atoms with van der Waals surface area (Å²) in [6.45, 7) is 7.63. The van der Waals surface area contributed by atoms with Gasteiger partial charge in [-0.2, -0.15) is 0 Å². The van der Waals surface area contributed by atoms with Gasteiger partial charge in [0.05, 0.1) is 14.2 Å². The molecule has 1 aromatic carbocycles. The summed E-state index contributed by atoms with van der Waals surface area (Å²) in [5.41, 5.74) is 1.09. The SMILES string of the molecule is CCCNC(c1cc(OC)c(OC)cc1Cl)C(C)CCC. The molecule has 0 heterocycles. The fourth-order valence-corrected chi connectivity index (χ4v) is 2.92. The highest BCUT2D eigenvalue weighted by atomic mass is 35.5. The zero-order chi connectivity index (χ0) is 15.8. The van der Waals surface area contributed by atoms with Crippen LogP contribution < -0.4 is 14.8 Å². The molecule has 0 fully saturated rings. The summed E-state index contributed by atoms with van der Waals surface area (Å²) in [7, 11) is 3.28. The van der Waals surface area contributed by atoms with E-state index in [0.29, 0.717) is 11.7 Å². The van der Waals surface area contributed by atoms with Crippen molar-refractivity contribution in [3.63, 3.8) is 0 Å². The molecule has 0 amide bonds. The number of hydrogen-bond donors (Lipinski definition) is 1. The Morgan fingerprint density at radius 3 is 2.24 bits per heavy atom. The van der Waals surface area contributed by atoms with E-state index >= 15 is 0 Å². The van der Waals surface area contributed by atoms with Crippen molar-refractivity contribution in [2.45, 2.75) is 46.1 Å². The predicted molar refractivity (Wildman–Crippen MR) is 89.7 cm³/mol. The zero-order valence-electron chi connectivity index (χ0n) is 13.8. The van der Waals surface area contributed by atoms with E-state index in [4.69, 9.17) is 21.1 Å². The minimum Gasteiger partial charge on any atom is -0.493 e. The minimum absolute atomic E-state index is 0.234. The number of rotatable bonds is 9. The van der Waals surface area contributed by atoms with E-state index in [1.54, 1.807) is 14.2 Å². The van der Waals surface area contributed by atoms with Crippen LogP contribution >= 0.6 is 11.6 Å². The lowest BCUT2D eigenvalue weighted by Gasteiger charge is -2.27. The van der Waals surface area contributed by atoms with Crippen LogP contribution in [0.5, 0.6) is 11.5 Å². The molecule has 0 saturated heterocycles. The van der Waals surface area contributed by atoms with Gasteiger partial charge in [-0.25, -0.2) is 0 Å². The Morgan fingerprint density at radius 1 is 1.10 bits per heavy atom. The van der Waals surface area contributed by atoms with E-state index in [0.717, 1.165) is 42.1 Å². The molecule has 2 unspecified atom stereocenters. The molecule has 21 heavy (non-hydrogen) atoms. The van der Waals surface area contributed by atoms with Gasteiger partial charge in [0.2, 0.25) is 0 Å². The Morgan fingerprint density at radius 2 is 1.71 bits per heavy atom. The molecular formula is C17H28ClNO2. The molecule has 0 aliphatic rings. The van der Waals surface area contributed by atoms with Crippen LogP contribution in [0, 0.1) is 5.92 Å². The second-order valence-corrected chi connectivity index (χ2v) is 5.83. The highest BCUT2D eigenvalue weighted by Gasteiger charge is 2.22. The third kappa shape index (κ3) is 4.79. The maximum Gasteiger partial charge on any atom is 0.162 e. The molecule has 0 bridgehead atoms. The second-order valence-electron chi connectivity index (χ2n) is 5.43. The summed E-state index contributed by atoms with van der Waals surface area (Å²) in [5, 5.41) is 4.35. The zero-order valence-corrected chi connectivity index (χ0v) is 14.6. The van der Waals surface area contributed by atoms with Gasteiger partial charge in [-0.3, -0.25) is 0 Å². The third-order valence-electron chi connectivity index (χ3n) is 3.77. The fourth-order valence-electron chi connectivity index (χ4n) is 2.65. The van der Waals surface area contributed by atoms with Crippen LogP contribution in [-0.2, 0) is 0 Å². The largest absolute Gasteiger partial charge is 0.493 e. The molecule has 0 spiro atoms. The molecule has 1 rings (SSSR count). The molecule has 120 valence electrons. The van der Waals surface area contributed by atoms with Crippen molar-refractivity contribution in [3.05, 3.63) is 22.7 Å². The van der Waals surface area contributed by atoms with E-state index in [9.17, 15) is 0 Å². The van der Waals surface area contributed by atoms with Crippen LogP contribution in [0.2, 0.25) is 5.02 Å². The van der Waals surface area contributed by atoms with Gasteiger partial charge < -0.3 is 14.8 Å². The summed E-state index contributed by atoms with van der Waals surface area (Å²) in [6, 6.07) is 4.08. The van der Waals surface area contributed by atoms with Crippen LogP contribution in [0.25, 0.3) is 0 Å². The van der Waals surface area contributed by atoms with Crippen molar-refractivity contribution in [3.8, 4) is 11.5 Å². The summed E-state index contributed by atoms with van der Waals surface area (Å²) in [4.78, 5) is 0. The summed E-state index contributed by atoms with van der Waals surface area (Å²) >= 11 is 6.48. The molecule has 0 aliphatic carbocycles. The molecule has 1 aromatic rings. The van der Waals surface area contributed by atoms with Gasteiger partial charge in [0, 0.05) is 17.1 Å². The third-order valence-corrected chi connectivity index (χ3v) is 4.09. The van der Waals surface area contributed by atoms with Gasteiger partial charge in [-0.05, 0) is 36.9 Å². The number of hydrogen-bond acceptors (Lipinski definition) is 3. The number of ether oxygens (including phenoxy) is 2. The Hall–Kier alpha value is -0.930. The van der Waals surface area contributed by atoms with Crippen molar-refractivity contribution in [2.75, 3.05) is 20.8 Å². The maximum atomic E-state index is 6.48. The summed E-state index contributed by atoms with van der Waals surface area (Å²) < 4.78 is 10.7. The van der Waals surface area contributed by atoms with Gasteiger partial charge >= 0.3 is 0 Å². The van der Waals surface area contributed by atoms with Gasteiger partial charge in [0.25, 0.3) is 0 Å². The average molecular weight is 314 g/mol. The first-order chi connectivity index (χ1) is 10.1. The highest BCUT2D eigenvalue weighted by Crippen LogP contribution is 2.38. The smallest absolute Gasteiger partial charge is 0.162 e. The number of benzene rings is 1. The Kier molecular flexibility index (Phi) is 7.91. The van der Waals surface area contributed by atoms with Gasteiger partial charge in [-0.15, -0.1) is 0 Å². The van der Waals surface area contributed by atoms with Crippen LogP contribution in [0.4, 0.5) is 0 Å². The lowest BCUT2D eigenvalue weighted by molar-refractivity contribution is 0.345. The number of methoxy groups -OCH3 is 2. The fraction of sp³-hybridized carbons (Fsp3) is 0.647. The summed E-state index contributed by atoms with van der Waals surface area (Å²) in [6.07, 6.45) is 3.42. The monoisotopic (exact) mass is 313 g/mol. The number of nitrogens with one attached hydrogen (secondary N) is 1. The molecular weight excluding hydrogens is 286 g/mol. The van der Waals surface area contributed by atoms with E-state index in [2.05, 4.69) is 26.1 Å². The first-order valence-electron chi connectivity index (χ1n) is 7.73.